The molecule has 7 rings (SSSR count). The number of benzene rings is 1. The highest BCUT2D eigenvalue weighted by molar-refractivity contribution is 6.01. The van der Waals surface area contributed by atoms with Crippen molar-refractivity contribution in [2.75, 3.05) is 6.61 Å². The molecule has 5 fully saturated rings. The number of hydrogen-bond donors (Lipinski definition) is 3. The van der Waals surface area contributed by atoms with Gasteiger partial charge in [0, 0.05) is 28.4 Å². The van der Waals surface area contributed by atoms with Crippen molar-refractivity contribution in [1.82, 2.24) is 0 Å². The van der Waals surface area contributed by atoms with Gasteiger partial charge in [-0.2, -0.15) is 0 Å². The quantitative estimate of drug-likeness (QED) is 0.478. The number of hydrogen-bond acceptors (Lipinski definition) is 7. The van der Waals surface area contributed by atoms with E-state index in [9.17, 15) is 19.8 Å². The minimum atomic E-state index is -1.32. The van der Waals surface area contributed by atoms with Gasteiger partial charge in [0.25, 0.3) is 0 Å². The number of aliphatic hydroxyl groups excluding tert-OH is 2. The van der Waals surface area contributed by atoms with Gasteiger partial charge in [-0.25, -0.2) is 0 Å². The maximum atomic E-state index is 13.7. The standard InChI is InChI=1S/C35H45NO6/c1-33-14-13-25(38)16-23(33)9-12-26-27-17-30-35(29(40)19-37,34(27,2)18-28(39)31(26)33)42-32(41-30)22-7-3-20(4-8-22)15-21-5-10-24(36)11-6-21/h3-4,7-8,13-14,16,21,24,26-28,30-32,37,39H,5-6,9-12,15,17-19,36H2,1-2H3/t21?,24?,26-,27-,28-,30+,31+,32+,33-,34-,35+/m0/s1. The third-order valence-electron chi connectivity index (χ3n) is 12.5. The second kappa shape index (κ2) is 10.2. The number of rotatable bonds is 5. The third-order valence-corrected chi connectivity index (χ3v) is 12.5. The fraction of sp³-hybridized carbons (Fsp3) is 0.657. The summed E-state index contributed by atoms with van der Waals surface area (Å²) in [5.74, 6) is 0.496. The summed E-state index contributed by atoms with van der Waals surface area (Å²) in [7, 11) is 0. The van der Waals surface area contributed by atoms with E-state index in [1.54, 1.807) is 12.2 Å². The molecule has 1 aromatic rings. The number of allylic oxidation sites excluding steroid dienone is 4. The van der Waals surface area contributed by atoms with Gasteiger partial charge in [-0.05, 0) is 93.3 Å². The Kier molecular flexibility index (Phi) is 6.95. The first-order chi connectivity index (χ1) is 20.1. The summed E-state index contributed by atoms with van der Waals surface area (Å²) >= 11 is 0. The van der Waals surface area contributed by atoms with Crippen LogP contribution < -0.4 is 5.73 Å². The molecule has 9 atom stereocenters. The molecule has 4 saturated carbocycles. The largest absolute Gasteiger partial charge is 0.393 e. The Hall–Kier alpha value is -2.16. The average Bonchev–Trinajstić information content (AvgIpc) is 3.47. The van der Waals surface area contributed by atoms with Crippen LogP contribution in [0.1, 0.15) is 82.6 Å². The number of ether oxygens (including phenoxy) is 2. The van der Waals surface area contributed by atoms with Gasteiger partial charge in [0.05, 0.1) is 12.2 Å². The van der Waals surface area contributed by atoms with Crippen LogP contribution >= 0.6 is 0 Å². The lowest BCUT2D eigenvalue weighted by molar-refractivity contribution is -0.201. The van der Waals surface area contributed by atoms with Gasteiger partial charge in [0.1, 0.15) is 6.61 Å². The van der Waals surface area contributed by atoms with Crippen LogP contribution in [0.2, 0.25) is 0 Å². The molecule has 0 radical (unpaired) electrons. The number of ketones is 2. The maximum absolute atomic E-state index is 13.7. The van der Waals surface area contributed by atoms with Crippen LogP contribution in [0.15, 0.2) is 48.1 Å². The predicted octanol–water partition coefficient (Wildman–Crippen LogP) is 4.35. The van der Waals surface area contributed by atoms with Crippen LogP contribution in [0, 0.1) is 34.5 Å². The highest BCUT2D eigenvalue weighted by Gasteiger charge is 2.75. The molecule has 1 aliphatic heterocycles. The normalized spacial score (nSPS) is 45.9. The Labute approximate surface area is 248 Å². The van der Waals surface area contributed by atoms with E-state index in [4.69, 9.17) is 15.2 Å². The molecule has 0 spiro atoms. The average molecular weight is 576 g/mol. The van der Waals surface area contributed by atoms with Crippen LogP contribution in [0.25, 0.3) is 0 Å². The van der Waals surface area contributed by atoms with Crippen LogP contribution in [-0.2, 0) is 25.5 Å². The van der Waals surface area contributed by atoms with Crippen LogP contribution in [0.5, 0.6) is 0 Å². The van der Waals surface area contributed by atoms with E-state index in [0.717, 1.165) is 43.2 Å². The molecule has 4 N–H and O–H groups in total. The van der Waals surface area contributed by atoms with Gasteiger partial charge in [0.15, 0.2) is 23.5 Å². The molecular formula is C35H45NO6. The lowest BCUT2D eigenvalue weighted by atomic mass is 9.46. The lowest BCUT2D eigenvalue weighted by Crippen LogP contribution is -2.63. The molecule has 0 bridgehead atoms. The molecule has 5 aliphatic carbocycles. The minimum Gasteiger partial charge on any atom is -0.393 e. The zero-order chi connectivity index (χ0) is 29.4. The van der Waals surface area contributed by atoms with Gasteiger partial charge in [-0.3, -0.25) is 9.59 Å². The van der Waals surface area contributed by atoms with E-state index >= 15 is 0 Å². The monoisotopic (exact) mass is 575 g/mol. The molecule has 226 valence electrons. The molecule has 0 aromatic heterocycles. The molecule has 0 amide bonds. The van der Waals surface area contributed by atoms with Crippen molar-refractivity contribution in [3.05, 3.63) is 59.2 Å². The highest BCUT2D eigenvalue weighted by atomic mass is 16.7. The second-order valence-corrected chi connectivity index (χ2v) is 14.6. The number of fused-ring (bicyclic) bond motifs is 7. The van der Waals surface area contributed by atoms with E-state index < -0.39 is 36.1 Å². The van der Waals surface area contributed by atoms with Crippen LogP contribution in [0.4, 0.5) is 0 Å². The number of carbonyl (C=O) groups excluding carboxylic acids is 2. The predicted molar refractivity (Wildman–Crippen MR) is 157 cm³/mol. The summed E-state index contributed by atoms with van der Waals surface area (Å²) in [6.07, 6.45) is 11.7. The van der Waals surface area contributed by atoms with Gasteiger partial charge in [0.2, 0.25) is 0 Å². The van der Waals surface area contributed by atoms with Gasteiger partial charge in [-0.1, -0.05) is 49.8 Å². The van der Waals surface area contributed by atoms with E-state index in [-0.39, 0.29) is 34.7 Å². The van der Waals surface area contributed by atoms with E-state index in [0.29, 0.717) is 24.8 Å². The van der Waals surface area contributed by atoms with Gasteiger partial charge >= 0.3 is 0 Å². The van der Waals surface area contributed by atoms with Crippen molar-refractivity contribution in [2.45, 2.75) is 102 Å². The number of Topliss-reactive ketones (excluding diaryl/α,β-unsaturated/α-hetero) is 1. The van der Waals surface area contributed by atoms with Crippen molar-refractivity contribution in [1.29, 1.82) is 0 Å². The zero-order valence-electron chi connectivity index (χ0n) is 24.8. The highest BCUT2D eigenvalue weighted by Crippen LogP contribution is 2.70. The van der Waals surface area contributed by atoms with Crippen molar-refractivity contribution >= 4 is 11.6 Å². The van der Waals surface area contributed by atoms with E-state index in [1.165, 1.54) is 18.4 Å². The lowest BCUT2D eigenvalue weighted by Gasteiger charge is -2.59. The Morgan fingerprint density at radius 3 is 2.55 bits per heavy atom. The topological polar surface area (TPSA) is 119 Å². The van der Waals surface area contributed by atoms with E-state index in [2.05, 4.69) is 26.0 Å². The maximum Gasteiger partial charge on any atom is 0.193 e. The SMILES string of the molecule is C[C@]12C=CC(=O)C=C1CC[C@@H]1[C@@H]2[C@@H](O)C[C@@]2(C)[C@H]1C[C@H]1O[C@@H](c3ccc(CC4CCC(N)CC4)cc3)O[C@]12C(=O)CO. The first-order valence-electron chi connectivity index (χ1n) is 16.0. The van der Waals surface area contributed by atoms with E-state index in [1.807, 2.05) is 18.2 Å². The van der Waals surface area contributed by atoms with Crippen LogP contribution in [-0.4, -0.2) is 52.2 Å². The van der Waals surface area contributed by atoms with Crippen molar-refractivity contribution in [2.24, 2.45) is 40.2 Å². The second-order valence-electron chi connectivity index (χ2n) is 14.6. The summed E-state index contributed by atoms with van der Waals surface area (Å²) in [5, 5.41) is 22.0. The Bertz CT molecular complexity index is 1310. The molecule has 0 unspecified atom stereocenters. The van der Waals surface area contributed by atoms with Crippen LogP contribution in [0.3, 0.4) is 0 Å². The minimum absolute atomic E-state index is 0.0125. The molecule has 1 aromatic carbocycles. The first-order valence-corrected chi connectivity index (χ1v) is 16.0. The Morgan fingerprint density at radius 2 is 1.83 bits per heavy atom. The fourth-order valence-electron chi connectivity index (χ4n) is 10.4. The van der Waals surface area contributed by atoms with Crippen molar-refractivity contribution in [3.8, 4) is 0 Å². The first kappa shape index (κ1) is 28.6. The number of nitrogens with two attached hydrogens (primary N) is 1. The molecule has 7 nitrogen and oxygen atoms in total. The summed E-state index contributed by atoms with van der Waals surface area (Å²) < 4.78 is 13.3. The summed E-state index contributed by atoms with van der Waals surface area (Å²) in [4.78, 5) is 25.9. The Balaban J connectivity index is 1.15. The molecule has 6 aliphatic rings. The van der Waals surface area contributed by atoms with Crippen molar-refractivity contribution in [3.63, 3.8) is 0 Å². The zero-order valence-corrected chi connectivity index (χ0v) is 24.8. The molecule has 7 heteroatoms. The van der Waals surface area contributed by atoms with Gasteiger partial charge < -0.3 is 25.4 Å². The fourth-order valence-corrected chi connectivity index (χ4v) is 10.4. The third kappa shape index (κ3) is 4.11. The smallest absolute Gasteiger partial charge is 0.193 e. The number of aliphatic hydroxyl groups is 2. The summed E-state index contributed by atoms with van der Waals surface area (Å²) in [6, 6.07) is 8.72. The van der Waals surface area contributed by atoms with Gasteiger partial charge in [-0.15, -0.1) is 0 Å². The Morgan fingerprint density at radius 1 is 1.10 bits per heavy atom. The molecule has 1 saturated heterocycles. The summed E-state index contributed by atoms with van der Waals surface area (Å²) in [6.45, 7) is 3.59. The summed E-state index contributed by atoms with van der Waals surface area (Å²) in [5.41, 5.74) is 6.94. The molecule has 42 heavy (non-hydrogen) atoms. The molecule has 1 heterocycles. The number of carbonyl (C=O) groups is 2. The van der Waals surface area contributed by atoms with Crippen molar-refractivity contribution < 1.29 is 29.3 Å². The molecular weight excluding hydrogens is 530 g/mol.